The summed E-state index contributed by atoms with van der Waals surface area (Å²) in [6.45, 7) is 0. The molecule has 2 N–H and O–H groups in total. The van der Waals surface area contributed by atoms with Crippen LogP contribution in [0.2, 0.25) is 0 Å². The zero-order valence-electron chi connectivity index (χ0n) is 17.0. The lowest BCUT2D eigenvalue weighted by Gasteiger charge is -2.15. The third kappa shape index (κ3) is 5.94. The highest BCUT2D eigenvalue weighted by Crippen LogP contribution is 2.32. The number of carbonyl (C=O) groups is 1. The largest absolute Gasteiger partial charge is 0.550 e. The summed E-state index contributed by atoms with van der Waals surface area (Å²) in [6.07, 6.45) is 0.224. The van der Waals surface area contributed by atoms with E-state index in [0.29, 0.717) is 11.4 Å². The highest BCUT2D eigenvalue weighted by Gasteiger charge is 2.17. The standard InChI is InChI=1S/C23H24N4O4/c1-27-23(24-25-26-27)20(13-12-18(28)14-19(29)15-21(30)31)22(16-8-4-2-5-9-16)17-10-6-3-7-11-17/h2-13,18-19,28-29H,14-15H2,1H3,(H,30,31)/p-1/b13-12+/t18-,19-/m1/s1. The van der Waals surface area contributed by atoms with E-state index in [4.69, 9.17) is 0 Å². The number of benzene rings is 2. The van der Waals surface area contributed by atoms with Crippen molar-refractivity contribution in [2.45, 2.75) is 25.0 Å². The lowest BCUT2D eigenvalue weighted by molar-refractivity contribution is -0.307. The Morgan fingerprint density at radius 1 is 1.06 bits per heavy atom. The Morgan fingerprint density at radius 3 is 2.13 bits per heavy atom. The van der Waals surface area contributed by atoms with Crippen LogP contribution in [0.3, 0.4) is 0 Å². The fraction of sp³-hybridized carbons (Fsp3) is 0.217. The van der Waals surface area contributed by atoms with Gasteiger partial charge in [0.25, 0.3) is 0 Å². The summed E-state index contributed by atoms with van der Waals surface area (Å²) in [7, 11) is 1.72. The number of carboxylic acid groups (broad SMARTS) is 1. The summed E-state index contributed by atoms with van der Waals surface area (Å²) in [6, 6.07) is 19.5. The smallest absolute Gasteiger partial charge is 0.182 e. The van der Waals surface area contributed by atoms with Crippen molar-refractivity contribution in [1.82, 2.24) is 20.2 Å². The van der Waals surface area contributed by atoms with Gasteiger partial charge < -0.3 is 20.1 Å². The second kappa shape index (κ2) is 10.4. The lowest BCUT2D eigenvalue weighted by Crippen LogP contribution is -2.29. The Morgan fingerprint density at radius 2 is 1.65 bits per heavy atom. The number of aliphatic hydroxyl groups excluding tert-OH is 2. The highest BCUT2D eigenvalue weighted by molar-refractivity contribution is 6.00. The number of nitrogens with zero attached hydrogens (tertiary/aromatic N) is 4. The van der Waals surface area contributed by atoms with Gasteiger partial charge in [-0.15, -0.1) is 5.10 Å². The van der Waals surface area contributed by atoms with E-state index in [2.05, 4.69) is 15.5 Å². The van der Waals surface area contributed by atoms with Crippen molar-refractivity contribution in [2.75, 3.05) is 0 Å². The average molecular weight is 419 g/mol. The van der Waals surface area contributed by atoms with Gasteiger partial charge in [-0.3, -0.25) is 0 Å². The van der Waals surface area contributed by atoms with Crippen molar-refractivity contribution in [3.63, 3.8) is 0 Å². The molecule has 0 fully saturated rings. The molecule has 0 spiro atoms. The zero-order chi connectivity index (χ0) is 22.2. The van der Waals surface area contributed by atoms with Gasteiger partial charge in [0.15, 0.2) is 5.82 Å². The van der Waals surface area contributed by atoms with E-state index in [1.54, 1.807) is 13.1 Å². The number of rotatable bonds is 9. The second-order valence-electron chi connectivity index (χ2n) is 7.04. The van der Waals surface area contributed by atoms with Crippen LogP contribution in [0.25, 0.3) is 11.1 Å². The number of tetrazole rings is 1. The Kier molecular flexibility index (Phi) is 7.42. The topological polar surface area (TPSA) is 124 Å². The number of aliphatic hydroxyl groups is 2. The molecule has 3 rings (SSSR count). The Balaban J connectivity index is 2.09. The Labute approximate surface area is 179 Å². The van der Waals surface area contributed by atoms with E-state index in [1.807, 2.05) is 60.7 Å². The molecule has 1 aromatic heterocycles. The van der Waals surface area contributed by atoms with Gasteiger partial charge in [-0.2, -0.15) is 0 Å². The third-order valence-electron chi connectivity index (χ3n) is 4.66. The number of carboxylic acids is 1. The van der Waals surface area contributed by atoms with Crippen molar-refractivity contribution in [1.29, 1.82) is 0 Å². The average Bonchev–Trinajstić information content (AvgIpc) is 3.17. The van der Waals surface area contributed by atoms with E-state index in [9.17, 15) is 20.1 Å². The predicted octanol–water partition coefficient (Wildman–Crippen LogP) is 0.977. The molecule has 0 aliphatic heterocycles. The van der Waals surface area contributed by atoms with Crippen molar-refractivity contribution >= 4 is 17.1 Å². The molecule has 0 saturated carbocycles. The third-order valence-corrected chi connectivity index (χ3v) is 4.66. The van der Waals surface area contributed by atoms with Crippen LogP contribution in [-0.4, -0.2) is 48.6 Å². The van der Waals surface area contributed by atoms with Gasteiger partial charge >= 0.3 is 0 Å². The molecular formula is C23H23N4O4-. The maximum Gasteiger partial charge on any atom is 0.182 e. The minimum atomic E-state index is -1.37. The van der Waals surface area contributed by atoms with E-state index in [0.717, 1.165) is 16.7 Å². The first-order valence-corrected chi connectivity index (χ1v) is 9.77. The van der Waals surface area contributed by atoms with Crippen molar-refractivity contribution in [3.8, 4) is 0 Å². The van der Waals surface area contributed by atoms with Crippen molar-refractivity contribution < 1.29 is 20.1 Å². The molecule has 1 heterocycles. The summed E-state index contributed by atoms with van der Waals surface area (Å²) in [5, 5.41) is 42.6. The molecule has 31 heavy (non-hydrogen) atoms. The normalized spacial score (nSPS) is 13.1. The summed E-state index contributed by atoms with van der Waals surface area (Å²) in [5.74, 6) is -0.883. The number of allylic oxidation sites excluding steroid dienone is 2. The minimum absolute atomic E-state index is 0.138. The number of aliphatic carboxylic acids is 1. The van der Waals surface area contributed by atoms with Crippen molar-refractivity contribution in [3.05, 3.63) is 89.8 Å². The Hall–Kier alpha value is -3.62. The summed E-state index contributed by atoms with van der Waals surface area (Å²) in [4.78, 5) is 10.7. The van der Waals surface area contributed by atoms with Gasteiger partial charge in [0.05, 0.1) is 12.2 Å². The molecule has 0 aliphatic rings. The number of hydrogen-bond acceptors (Lipinski definition) is 7. The van der Waals surface area contributed by atoms with E-state index in [-0.39, 0.29) is 6.42 Å². The summed E-state index contributed by atoms with van der Waals surface area (Å²) in [5.41, 5.74) is 3.39. The molecule has 2 aromatic carbocycles. The molecule has 0 bridgehead atoms. The van der Waals surface area contributed by atoms with Crippen LogP contribution in [0.5, 0.6) is 0 Å². The number of aryl methyl sites for hydroxylation is 1. The molecule has 8 heteroatoms. The summed E-state index contributed by atoms with van der Waals surface area (Å²) < 4.78 is 1.53. The first kappa shape index (κ1) is 22.1. The van der Waals surface area contributed by atoms with Gasteiger partial charge in [-0.1, -0.05) is 72.8 Å². The van der Waals surface area contributed by atoms with Gasteiger partial charge in [0.1, 0.15) is 0 Å². The van der Waals surface area contributed by atoms with Gasteiger partial charge in [-0.25, -0.2) is 4.68 Å². The second-order valence-corrected chi connectivity index (χ2v) is 7.04. The van der Waals surface area contributed by atoms with Crippen LogP contribution in [0.4, 0.5) is 0 Å². The SMILES string of the molecule is Cn1nnnc1C(/C=C/[C@@H](O)C[C@@H](O)CC(=O)[O-])=C(c1ccccc1)c1ccccc1. The van der Waals surface area contributed by atoms with Gasteiger partial charge in [0.2, 0.25) is 0 Å². The minimum Gasteiger partial charge on any atom is -0.550 e. The van der Waals surface area contributed by atoms with Crippen LogP contribution in [0.1, 0.15) is 29.8 Å². The number of aromatic nitrogens is 4. The molecular weight excluding hydrogens is 396 g/mol. The van der Waals surface area contributed by atoms with Gasteiger partial charge in [-0.05, 0) is 27.1 Å². The van der Waals surface area contributed by atoms with Crippen LogP contribution in [-0.2, 0) is 11.8 Å². The molecule has 0 amide bonds. The first-order valence-electron chi connectivity index (χ1n) is 9.77. The number of hydrogen-bond donors (Lipinski definition) is 2. The molecule has 0 aliphatic carbocycles. The number of carbonyl (C=O) groups excluding carboxylic acids is 1. The quantitative estimate of drug-likeness (QED) is 0.495. The first-order chi connectivity index (χ1) is 15.0. The van der Waals surface area contributed by atoms with E-state index < -0.39 is 24.6 Å². The maximum absolute atomic E-state index is 10.7. The Bertz CT molecular complexity index is 1020. The van der Waals surface area contributed by atoms with Crippen LogP contribution >= 0.6 is 0 Å². The summed E-state index contributed by atoms with van der Waals surface area (Å²) >= 11 is 0. The molecule has 0 saturated heterocycles. The van der Waals surface area contributed by atoms with Crippen LogP contribution in [0.15, 0.2) is 72.8 Å². The van der Waals surface area contributed by atoms with Crippen LogP contribution < -0.4 is 5.11 Å². The fourth-order valence-corrected chi connectivity index (χ4v) is 3.25. The zero-order valence-corrected chi connectivity index (χ0v) is 17.0. The fourth-order valence-electron chi connectivity index (χ4n) is 3.25. The highest BCUT2D eigenvalue weighted by atomic mass is 16.4. The molecule has 2 atom stereocenters. The molecule has 160 valence electrons. The monoisotopic (exact) mass is 419 g/mol. The maximum atomic E-state index is 10.7. The molecule has 8 nitrogen and oxygen atoms in total. The van der Waals surface area contributed by atoms with E-state index in [1.165, 1.54) is 10.8 Å². The van der Waals surface area contributed by atoms with Crippen LogP contribution in [0, 0.1) is 0 Å². The van der Waals surface area contributed by atoms with Gasteiger partial charge in [0, 0.05) is 31.4 Å². The van der Waals surface area contributed by atoms with Crippen molar-refractivity contribution in [2.24, 2.45) is 7.05 Å². The van der Waals surface area contributed by atoms with E-state index >= 15 is 0 Å². The predicted molar refractivity (Wildman–Crippen MR) is 113 cm³/mol. The molecule has 3 aromatic rings. The molecule has 0 radical (unpaired) electrons. The molecule has 0 unspecified atom stereocenters. The lowest BCUT2D eigenvalue weighted by atomic mass is 9.92.